The average Bonchev–Trinajstić information content (AvgIpc) is 2.57. The van der Waals surface area contributed by atoms with Gasteiger partial charge in [0.15, 0.2) is 0 Å². The summed E-state index contributed by atoms with van der Waals surface area (Å²) in [6.07, 6.45) is 0.720. The molecular weight excluding hydrogens is 360 g/mol. The fourth-order valence-corrected chi connectivity index (χ4v) is 4.91. The number of carboxylic acids is 3. The topological polar surface area (TPSA) is 158 Å². The maximum Gasteiger partial charge on any atom is 0.308 e. The third kappa shape index (κ3) is 4.07. The molecule has 9 nitrogen and oxygen atoms in total. The first-order valence-electron chi connectivity index (χ1n) is 9.15. The molecule has 152 valence electrons. The van der Waals surface area contributed by atoms with Gasteiger partial charge in [-0.15, -0.1) is 0 Å². The van der Waals surface area contributed by atoms with Crippen LogP contribution in [0.15, 0.2) is 0 Å². The van der Waals surface area contributed by atoms with Crippen molar-refractivity contribution in [1.29, 1.82) is 0 Å². The quantitative estimate of drug-likeness (QED) is 0.433. The maximum absolute atomic E-state index is 12.0. The van der Waals surface area contributed by atoms with E-state index in [2.05, 4.69) is 0 Å². The number of fused-ring (bicyclic) bond motifs is 1. The Morgan fingerprint density at radius 3 is 1.89 bits per heavy atom. The Bertz CT molecular complexity index is 610. The second-order valence-corrected chi connectivity index (χ2v) is 7.71. The second kappa shape index (κ2) is 7.84. The van der Waals surface area contributed by atoms with Crippen molar-refractivity contribution in [2.24, 2.45) is 10.8 Å². The SMILES string of the molecule is O=C(O)CCC1(CCC(=O)O)CCC[C@@]2(CCC(=O)O)CCC(=O)O[C@@]12O. The third-order valence-electron chi connectivity index (χ3n) is 6.27. The van der Waals surface area contributed by atoms with Crippen LogP contribution >= 0.6 is 0 Å². The van der Waals surface area contributed by atoms with Crippen molar-refractivity contribution >= 4 is 23.9 Å². The predicted octanol–water partition coefficient (Wildman–Crippen LogP) is 1.76. The summed E-state index contributed by atoms with van der Waals surface area (Å²) in [7, 11) is 0. The molecule has 2 aliphatic rings. The van der Waals surface area contributed by atoms with Crippen LogP contribution in [0.2, 0.25) is 0 Å². The van der Waals surface area contributed by atoms with Crippen LogP contribution in [0, 0.1) is 10.8 Å². The van der Waals surface area contributed by atoms with Gasteiger partial charge in [-0.1, -0.05) is 6.42 Å². The number of ether oxygens (including phenoxy) is 1. The molecule has 2 atom stereocenters. The first-order chi connectivity index (χ1) is 12.6. The standard InChI is InChI=1S/C18H26O9/c19-12(20)2-8-16(9-3-13(21)22)6-1-7-17(10-4-14(23)24)11-5-15(25)27-18(16,17)26/h26H,1-11H2,(H,19,20)(H,21,22)(H,23,24)/t17-,18+/m1/s1. The van der Waals surface area contributed by atoms with E-state index in [0.717, 1.165) is 0 Å². The third-order valence-corrected chi connectivity index (χ3v) is 6.27. The van der Waals surface area contributed by atoms with Crippen molar-refractivity contribution in [3.63, 3.8) is 0 Å². The number of aliphatic carboxylic acids is 3. The van der Waals surface area contributed by atoms with Gasteiger partial charge >= 0.3 is 23.9 Å². The Kier molecular flexibility index (Phi) is 6.14. The van der Waals surface area contributed by atoms with E-state index in [1.54, 1.807) is 0 Å². The molecule has 1 aliphatic carbocycles. The fraction of sp³-hybridized carbons (Fsp3) is 0.778. The van der Waals surface area contributed by atoms with Crippen LogP contribution in [-0.4, -0.2) is 50.1 Å². The Labute approximate surface area is 156 Å². The van der Waals surface area contributed by atoms with E-state index in [1.165, 1.54) is 0 Å². The summed E-state index contributed by atoms with van der Waals surface area (Å²) < 4.78 is 5.43. The molecule has 0 amide bonds. The molecule has 0 aromatic heterocycles. The van der Waals surface area contributed by atoms with Crippen molar-refractivity contribution in [3.8, 4) is 0 Å². The van der Waals surface area contributed by atoms with Crippen LogP contribution in [0.1, 0.15) is 70.6 Å². The summed E-state index contributed by atoms with van der Waals surface area (Å²) in [6, 6.07) is 0. The summed E-state index contributed by atoms with van der Waals surface area (Å²) in [4.78, 5) is 45.5. The molecule has 1 saturated carbocycles. The minimum absolute atomic E-state index is 0.0376. The molecule has 0 bridgehead atoms. The lowest BCUT2D eigenvalue weighted by Gasteiger charge is -2.61. The minimum atomic E-state index is -2.08. The lowest BCUT2D eigenvalue weighted by molar-refractivity contribution is -0.352. The molecule has 0 aromatic carbocycles. The highest BCUT2D eigenvalue weighted by Crippen LogP contribution is 2.63. The van der Waals surface area contributed by atoms with E-state index in [9.17, 15) is 24.3 Å². The van der Waals surface area contributed by atoms with Crippen molar-refractivity contribution in [3.05, 3.63) is 0 Å². The highest BCUT2D eigenvalue weighted by atomic mass is 16.7. The van der Waals surface area contributed by atoms with Crippen molar-refractivity contribution in [2.45, 2.75) is 76.4 Å². The van der Waals surface area contributed by atoms with E-state index >= 15 is 0 Å². The van der Waals surface area contributed by atoms with E-state index in [-0.39, 0.29) is 51.4 Å². The van der Waals surface area contributed by atoms with Crippen molar-refractivity contribution in [2.75, 3.05) is 0 Å². The molecule has 2 fully saturated rings. The summed E-state index contributed by atoms with van der Waals surface area (Å²) in [5.74, 6) is -5.96. The normalized spacial score (nSPS) is 29.4. The predicted molar refractivity (Wildman–Crippen MR) is 89.6 cm³/mol. The Balaban J connectivity index is 2.48. The fourth-order valence-electron chi connectivity index (χ4n) is 4.91. The molecule has 0 radical (unpaired) electrons. The number of carbonyl (C=O) groups excluding carboxylic acids is 1. The molecule has 1 heterocycles. The van der Waals surface area contributed by atoms with Crippen molar-refractivity contribution in [1.82, 2.24) is 0 Å². The van der Waals surface area contributed by atoms with E-state index in [0.29, 0.717) is 19.3 Å². The first kappa shape index (κ1) is 21.1. The molecular formula is C18H26O9. The molecule has 1 saturated heterocycles. The lowest BCUT2D eigenvalue weighted by atomic mass is 9.51. The van der Waals surface area contributed by atoms with Crippen LogP contribution in [0.25, 0.3) is 0 Å². The average molecular weight is 386 g/mol. The van der Waals surface area contributed by atoms with E-state index in [1.807, 2.05) is 0 Å². The molecule has 27 heavy (non-hydrogen) atoms. The molecule has 4 N–H and O–H groups in total. The zero-order chi connectivity index (χ0) is 20.3. The van der Waals surface area contributed by atoms with Gasteiger partial charge in [0.05, 0.1) is 0 Å². The van der Waals surface area contributed by atoms with Gasteiger partial charge < -0.3 is 25.2 Å². The highest BCUT2D eigenvalue weighted by Gasteiger charge is 2.67. The number of carbonyl (C=O) groups is 4. The zero-order valence-electron chi connectivity index (χ0n) is 15.1. The lowest BCUT2D eigenvalue weighted by Crippen LogP contribution is -2.66. The van der Waals surface area contributed by atoms with Gasteiger partial charge in [-0.3, -0.25) is 19.2 Å². The van der Waals surface area contributed by atoms with Crippen LogP contribution < -0.4 is 0 Å². The zero-order valence-corrected chi connectivity index (χ0v) is 15.1. The molecule has 0 aromatic rings. The van der Waals surface area contributed by atoms with Crippen LogP contribution in [-0.2, 0) is 23.9 Å². The monoisotopic (exact) mass is 386 g/mol. The van der Waals surface area contributed by atoms with Crippen LogP contribution in [0.3, 0.4) is 0 Å². The minimum Gasteiger partial charge on any atom is -0.481 e. The van der Waals surface area contributed by atoms with Gasteiger partial charge in [0.1, 0.15) is 0 Å². The molecule has 9 heteroatoms. The van der Waals surface area contributed by atoms with Crippen LogP contribution in [0.5, 0.6) is 0 Å². The van der Waals surface area contributed by atoms with Gasteiger partial charge in [0.2, 0.25) is 5.79 Å². The summed E-state index contributed by atoms with van der Waals surface area (Å²) >= 11 is 0. The number of hydrogen-bond donors (Lipinski definition) is 4. The summed E-state index contributed by atoms with van der Waals surface area (Å²) in [6.45, 7) is 0. The van der Waals surface area contributed by atoms with E-state index < -0.39 is 40.5 Å². The first-order valence-corrected chi connectivity index (χ1v) is 9.15. The summed E-state index contributed by atoms with van der Waals surface area (Å²) in [5.41, 5.74) is -2.26. The van der Waals surface area contributed by atoms with Gasteiger partial charge in [-0.2, -0.15) is 0 Å². The largest absolute Gasteiger partial charge is 0.481 e. The number of carboxylic acid groups (broad SMARTS) is 3. The van der Waals surface area contributed by atoms with Crippen molar-refractivity contribution < 1.29 is 44.3 Å². The second-order valence-electron chi connectivity index (χ2n) is 7.71. The Morgan fingerprint density at radius 1 is 0.852 bits per heavy atom. The molecule has 1 aliphatic heterocycles. The Morgan fingerprint density at radius 2 is 1.37 bits per heavy atom. The number of rotatable bonds is 9. The van der Waals surface area contributed by atoms with Gasteiger partial charge in [0.25, 0.3) is 0 Å². The van der Waals surface area contributed by atoms with Crippen LogP contribution in [0.4, 0.5) is 0 Å². The van der Waals surface area contributed by atoms with Gasteiger partial charge in [0, 0.05) is 36.5 Å². The number of esters is 1. The highest BCUT2D eigenvalue weighted by molar-refractivity contribution is 5.72. The number of aliphatic hydroxyl groups is 1. The number of hydrogen-bond acceptors (Lipinski definition) is 6. The molecule has 0 unspecified atom stereocenters. The summed E-state index contributed by atoms with van der Waals surface area (Å²) in [5, 5.41) is 39.0. The van der Waals surface area contributed by atoms with Gasteiger partial charge in [-0.25, -0.2) is 0 Å². The maximum atomic E-state index is 12.0. The smallest absolute Gasteiger partial charge is 0.308 e. The Hall–Kier alpha value is -2.16. The molecule has 0 spiro atoms. The van der Waals surface area contributed by atoms with Gasteiger partial charge in [-0.05, 0) is 38.5 Å². The van der Waals surface area contributed by atoms with E-state index in [4.69, 9.17) is 20.1 Å². The molecule has 2 rings (SSSR count).